The maximum Gasteiger partial charge on any atom is 0.420 e. The number of aromatic hydroxyl groups is 1. The maximum absolute atomic E-state index is 13.6. The summed E-state index contributed by atoms with van der Waals surface area (Å²) in [4.78, 5) is 9.33. The number of halogens is 4. The molecule has 0 saturated carbocycles. The quantitative estimate of drug-likeness (QED) is 0.418. The molecule has 0 amide bonds. The summed E-state index contributed by atoms with van der Waals surface area (Å²) in [6.07, 6.45) is -5.09. The fourth-order valence-corrected chi connectivity index (χ4v) is 3.44. The zero-order chi connectivity index (χ0) is 21.3. The number of nitrogens with one attached hydrogen (secondary N) is 1. The molecular weight excluding hydrogens is 462 g/mol. The minimum absolute atomic E-state index is 0.0212. The number of benzene rings is 2. The number of phenolic OH excluding ortho intramolecular Hbond substituents is 1. The van der Waals surface area contributed by atoms with E-state index in [4.69, 9.17) is 4.74 Å². The molecule has 5 nitrogen and oxygen atoms in total. The lowest BCUT2D eigenvalue weighted by molar-refractivity contribution is -0.138. The Hall–Kier alpha value is -1.70. The highest BCUT2D eigenvalue weighted by atomic mass is 79.9. The van der Waals surface area contributed by atoms with E-state index in [1.807, 2.05) is 13.8 Å². The van der Waals surface area contributed by atoms with E-state index in [0.717, 1.165) is 12.7 Å². The number of hydrogen-bond donors (Lipinski definition) is 3. The van der Waals surface area contributed by atoms with Gasteiger partial charge in [-0.25, -0.2) is 0 Å². The molecule has 3 N–H and O–H groups in total. The van der Waals surface area contributed by atoms with Crippen molar-refractivity contribution in [3.63, 3.8) is 0 Å². The first-order valence-electron chi connectivity index (χ1n) is 8.22. The molecule has 2 aromatic rings. The van der Waals surface area contributed by atoms with Crippen LogP contribution in [0.5, 0.6) is 17.2 Å². The van der Waals surface area contributed by atoms with E-state index in [9.17, 15) is 27.7 Å². The van der Waals surface area contributed by atoms with Crippen LogP contribution in [0.2, 0.25) is 0 Å². The van der Waals surface area contributed by atoms with Gasteiger partial charge in [0.15, 0.2) is 5.75 Å². The number of ether oxygens (including phenoxy) is 1. The van der Waals surface area contributed by atoms with Crippen LogP contribution in [0.25, 0.3) is 0 Å². The van der Waals surface area contributed by atoms with E-state index < -0.39 is 24.9 Å². The molecule has 0 heterocycles. The molecular formula is C18H20BrF3NO4P. The van der Waals surface area contributed by atoms with Gasteiger partial charge >= 0.3 is 6.18 Å². The van der Waals surface area contributed by atoms with Crippen LogP contribution < -0.4 is 10.1 Å². The van der Waals surface area contributed by atoms with E-state index in [2.05, 4.69) is 21.2 Å². The van der Waals surface area contributed by atoms with Gasteiger partial charge in [0.25, 0.3) is 0 Å². The third-order valence-corrected chi connectivity index (χ3v) is 5.10. The molecule has 2 rings (SSSR count). The van der Waals surface area contributed by atoms with Crippen molar-refractivity contribution in [2.24, 2.45) is 0 Å². The Labute approximate surface area is 169 Å². The van der Waals surface area contributed by atoms with Gasteiger partial charge in [-0.1, -0.05) is 13.8 Å². The fourth-order valence-electron chi connectivity index (χ4n) is 2.42. The Balaban J connectivity index is 2.46. The summed E-state index contributed by atoms with van der Waals surface area (Å²) in [6, 6.07) is 6.38. The zero-order valence-corrected chi connectivity index (χ0v) is 17.8. The molecule has 0 aliphatic rings. The lowest BCUT2D eigenvalue weighted by atomic mass is 10.0. The molecule has 0 aliphatic carbocycles. The molecule has 0 aliphatic heterocycles. The lowest BCUT2D eigenvalue weighted by Crippen LogP contribution is -2.10. The second-order valence-electron chi connectivity index (χ2n) is 6.70. The standard InChI is InChI=1S/C18H20BrF3NO4P/c1-10(2)13-8-12(4-5-16(13)24)27-17-14(18(20,21)22)6-11(7-15(17)19)23-9-28(3,25)26/h4-8,10,23-24H,9H2,1-3H3,(H,25,26). The van der Waals surface area contributed by atoms with Crippen LogP contribution in [0.4, 0.5) is 18.9 Å². The molecule has 0 fully saturated rings. The molecule has 0 aromatic heterocycles. The highest BCUT2D eigenvalue weighted by Crippen LogP contribution is 2.45. The monoisotopic (exact) mass is 481 g/mol. The van der Waals surface area contributed by atoms with Crippen molar-refractivity contribution < 1.29 is 32.5 Å². The van der Waals surface area contributed by atoms with Gasteiger partial charge in [0.1, 0.15) is 17.1 Å². The second-order valence-corrected chi connectivity index (χ2v) is 9.97. The van der Waals surface area contributed by atoms with Crippen LogP contribution in [-0.2, 0) is 10.7 Å². The number of anilines is 1. The molecule has 28 heavy (non-hydrogen) atoms. The molecule has 0 bridgehead atoms. The molecule has 10 heteroatoms. The molecule has 0 radical (unpaired) electrons. The number of alkyl halides is 3. The van der Waals surface area contributed by atoms with Gasteiger partial charge in [0.2, 0.25) is 7.37 Å². The minimum Gasteiger partial charge on any atom is -0.508 e. The predicted octanol–water partition coefficient (Wildman–Crippen LogP) is 6.36. The van der Waals surface area contributed by atoms with Crippen molar-refractivity contribution >= 4 is 29.0 Å². The fraction of sp³-hybridized carbons (Fsp3) is 0.333. The molecule has 1 unspecified atom stereocenters. The van der Waals surface area contributed by atoms with Crippen molar-refractivity contribution in [1.82, 2.24) is 0 Å². The summed E-state index contributed by atoms with van der Waals surface area (Å²) in [5.74, 6) is -0.321. The first-order chi connectivity index (χ1) is 12.8. The molecule has 1 atom stereocenters. The van der Waals surface area contributed by atoms with E-state index in [1.54, 1.807) is 0 Å². The number of hydrogen-bond acceptors (Lipinski definition) is 4. The molecule has 0 spiro atoms. The van der Waals surface area contributed by atoms with Crippen LogP contribution in [-0.4, -0.2) is 23.0 Å². The largest absolute Gasteiger partial charge is 0.508 e. The van der Waals surface area contributed by atoms with Gasteiger partial charge in [0.05, 0.1) is 10.8 Å². The summed E-state index contributed by atoms with van der Waals surface area (Å²) in [5, 5.41) is 12.4. The third kappa shape index (κ3) is 5.90. The minimum atomic E-state index is -4.72. The highest BCUT2D eigenvalue weighted by Gasteiger charge is 2.36. The van der Waals surface area contributed by atoms with E-state index in [1.165, 1.54) is 24.3 Å². The molecule has 2 aromatic carbocycles. The summed E-state index contributed by atoms with van der Waals surface area (Å²) in [7, 11) is -3.45. The van der Waals surface area contributed by atoms with Crippen LogP contribution >= 0.6 is 23.3 Å². The summed E-state index contributed by atoms with van der Waals surface area (Å²) < 4.78 is 57.7. The molecule has 0 saturated heterocycles. The average Bonchev–Trinajstić information content (AvgIpc) is 2.54. The third-order valence-electron chi connectivity index (χ3n) is 3.77. The Morgan fingerprint density at radius 1 is 1.25 bits per heavy atom. The highest BCUT2D eigenvalue weighted by molar-refractivity contribution is 9.10. The van der Waals surface area contributed by atoms with Gasteiger partial charge in [-0.3, -0.25) is 4.57 Å². The van der Waals surface area contributed by atoms with Crippen LogP contribution in [0.15, 0.2) is 34.8 Å². The van der Waals surface area contributed by atoms with Crippen molar-refractivity contribution in [3.05, 3.63) is 45.9 Å². The average molecular weight is 482 g/mol. The van der Waals surface area contributed by atoms with Gasteiger partial charge in [-0.15, -0.1) is 0 Å². The smallest absolute Gasteiger partial charge is 0.420 e. The van der Waals surface area contributed by atoms with Crippen molar-refractivity contribution in [2.45, 2.75) is 25.9 Å². The van der Waals surface area contributed by atoms with Crippen molar-refractivity contribution in [1.29, 1.82) is 0 Å². The SMILES string of the molecule is CC(C)c1cc(Oc2c(Br)cc(NCP(C)(=O)O)cc2C(F)(F)F)ccc1O. The van der Waals surface area contributed by atoms with Crippen molar-refractivity contribution in [3.8, 4) is 17.2 Å². The molecule has 154 valence electrons. The number of rotatable bonds is 6. The normalized spacial score (nSPS) is 14.0. The lowest BCUT2D eigenvalue weighted by Gasteiger charge is -2.19. The van der Waals surface area contributed by atoms with Gasteiger partial charge in [-0.2, -0.15) is 13.2 Å². The zero-order valence-electron chi connectivity index (χ0n) is 15.3. The topological polar surface area (TPSA) is 78.8 Å². The first kappa shape index (κ1) is 22.6. The Bertz CT molecular complexity index is 912. The Morgan fingerprint density at radius 2 is 1.89 bits per heavy atom. The Kier molecular flexibility index (Phi) is 6.74. The maximum atomic E-state index is 13.6. The van der Waals surface area contributed by atoms with Crippen LogP contribution in [0, 0.1) is 0 Å². The summed E-state index contributed by atoms with van der Waals surface area (Å²) >= 11 is 3.08. The second kappa shape index (κ2) is 8.35. The first-order valence-corrected chi connectivity index (χ1v) is 11.3. The van der Waals surface area contributed by atoms with Crippen LogP contribution in [0.3, 0.4) is 0 Å². The predicted molar refractivity (Wildman–Crippen MR) is 106 cm³/mol. The van der Waals surface area contributed by atoms with E-state index >= 15 is 0 Å². The summed E-state index contributed by atoms with van der Waals surface area (Å²) in [6.45, 7) is 4.78. The van der Waals surface area contributed by atoms with Crippen LogP contribution in [0.1, 0.15) is 30.9 Å². The summed E-state index contributed by atoms with van der Waals surface area (Å²) in [5.41, 5.74) is -0.481. The van der Waals surface area contributed by atoms with Crippen molar-refractivity contribution in [2.75, 3.05) is 18.3 Å². The number of phenols is 1. The van der Waals surface area contributed by atoms with Gasteiger partial charge in [-0.05, 0) is 52.2 Å². The Morgan fingerprint density at radius 3 is 2.43 bits per heavy atom. The van der Waals surface area contributed by atoms with Gasteiger partial charge < -0.3 is 20.1 Å². The van der Waals surface area contributed by atoms with E-state index in [0.29, 0.717) is 5.56 Å². The van der Waals surface area contributed by atoms with Gasteiger partial charge in [0, 0.05) is 17.9 Å². The van der Waals surface area contributed by atoms with E-state index in [-0.39, 0.29) is 33.9 Å².